The highest BCUT2D eigenvalue weighted by atomic mass is 16.2. The molecule has 0 radical (unpaired) electrons. The first kappa shape index (κ1) is 13.6. The van der Waals surface area contributed by atoms with Crippen LogP contribution in [0.15, 0.2) is 15.7 Å². The lowest BCUT2D eigenvalue weighted by molar-refractivity contribution is -0.121. The van der Waals surface area contributed by atoms with Gasteiger partial charge >= 0.3 is 5.69 Å². The number of carbonyl (C=O) groups is 1. The molecule has 1 aliphatic carbocycles. The van der Waals surface area contributed by atoms with Gasteiger partial charge in [0.05, 0.1) is 6.42 Å². The van der Waals surface area contributed by atoms with Crippen LogP contribution in [0, 0.1) is 5.41 Å². The van der Waals surface area contributed by atoms with Crippen molar-refractivity contribution in [1.82, 2.24) is 15.3 Å². The first-order valence-corrected chi connectivity index (χ1v) is 6.46. The van der Waals surface area contributed by atoms with Gasteiger partial charge in [0.25, 0.3) is 5.56 Å². The third-order valence-corrected chi connectivity index (χ3v) is 3.50. The number of hydrogen-bond donors (Lipinski definition) is 3. The molecule has 1 aliphatic rings. The predicted molar refractivity (Wildman–Crippen MR) is 71.0 cm³/mol. The zero-order valence-electron chi connectivity index (χ0n) is 11.2. The van der Waals surface area contributed by atoms with Crippen molar-refractivity contribution in [3.05, 3.63) is 32.6 Å². The molecular weight excluding hydrogens is 246 g/mol. The number of H-pyrrole nitrogens is 2. The molecule has 1 fully saturated rings. The number of rotatable bonds is 3. The van der Waals surface area contributed by atoms with Crippen LogP contribution in [0.1, 0.15) is 38.8 Å². The van der Waals surface area contributed by atoms with Gasteiger partial charge in [0.1, 0.15) is 0 Å². The molecule has 19 heavy (non-hydrogen) atoms. The fraction of sp³-hybridized carbons (Fsp3) is 0.615. The molecule has 1 atom stereocenters. The van der Waals surface area contributed by atoms with Crippen LogP contribution in [-0.4, -0.2) is 21.9 Å². The normalized spacial score (nSPS) is 21.3. The maximum atomic E-state index is 11.9. The molecule has 0 saturated heterocycles. The van der Waals surface area contributed by atoms with Crippen molar-refractivity contribution in [2.24, 2.45) is 5.41 Å². The molecule has 104 valence electrons. The molecule has 1 amide bonds. The van der Waals surface area contributed by atoms with Crippen LogP contribution in [0.3, 0.4) is 0 Å². The number of carbonyl (C=O) groups excluding carboxylic acids is 1. The Bertz CT molecular complexity index is 557. The molecule has 0 aromatic carbocycles. The van der Waals surface area contributed by atoms with Gasteiger partial charge in [-0.05, 0) is 24.7 Å². The maximum absolute atomic E-state index is 11.9. The van der Waals surface area contributed by atoms with E-state index in [4.69, 9.17) is 0 Å². The third kappa shape index (κ3) is 3.81. The van der Waals surface area contributed by atoms with Crippen molar-refractivity contribution in [2.75, 3.05) is 0 Å². The zero-order chi connectivity index (χ0) is 14.0. The summed E-state index contributed by atoms with van der Waals surface area (Å²) in [5.74, 6) is -0.163. The lowest BCUT2D eigenvalue weighted by atomic mass is 9.92. The number of amides is 1. The number of hydrogen-bond acceptors (Lipinski definition) is 3. The topological polar surface area (TPSA) is 94.8 Å². The molecule has 2 rings (SSSR count). The van der Waals surface area contributed by atoms with Crippen molar-refractivity contribution < 1.29 is 4.79 Å². The Labute approximate surface area is 110 Å². The predicted octanol–water partition coefficient (Wildman–Crippen LogP) is 0.301. The van der Waals surface area contributed by atoms with Crippen molar-refractivity contribution in [1.29, 1.82) is 0 Å². The Morgan fingerprint density at radius 3 is 2.74 bits per heavy atom. The van der Waals surface area contributed by atoms with Crippen LogP contribution in [0.25, 0.3) is 0 Å². The van der Waals surface area contributed by atoms with E-state index in [1.807, 2.05) is 0 Å². The van der Waals surface area contributed by atoms with Gasteiger partial charge < -0.3 is 10.3 Å². The fourth-order valence-corrected chi connectivity index (χ4v) is 2.63. The lowest BCUT2D eigenvalue weighted by Gasteiger charge is -2.17. The van der Waals surface area contributed by atoms with E-state index in [2.05, 4.69) is 29.1 Å². The third-order valence-electron chi connectivity index (χ3n) is 3.50. The number of aromatic amines is 2. The van der Waals surface area contributed by atoms with Crippen molar-refractivity contribution in [3.63, 3.8) is 0 Å². The lowest BCUT2D eigenvalue weighted by Crippen LogP contribution is -2.35. The van der Waals surface area contributed by atoms with Crippen LogP contribution in [0.5, 0.6) is 0 Å². The van der Waals surface area contributed by atoms with E-state index < -0.39 is 11.2 Å². The van der Waals surface area contributed by atoms with Gasteiger partial charge in [0.2, 0.25) is 5.91 Å². The van der Waals surface area contributed by atoms with E-state index in [1.165, 1.54) is 6.07 Å². The van der Waals surface area contributed by atoms with Gasteiger partial charge in [-0.1, -0.05) is 13.8 Å². The Kier molecular flexibility index (Phi) is 3.59. The summed E-state index contributed by atoms with van der Waals surface area (Å²) < 4.78 is 0. The van der Waals surface area contributed by atoms with Gasteiger partial charge in [-0.15, -0.1) is 0 Å². The van der Waals surface area contributed by atoms with Gasteiger partial charge in [-0.2, -0.15) is 0 Å². The molecule has 1 aromatic rings. The molecule has 1 unspecified atom stereocenters. The van der Waals surface area contributed by atoms with Crippen molar-refractivity contribution in [2.45, 2.75) is 45.6 Å². The Morgan fingerprint density at radius 1 is 1.42 bits per heavy atom. The molecule has 3 N–H and O–H groups in total. The maximum Gasteiger partial charge on any atom is 0.325 e. The highest BCUT2D eigenvalue weighted by Crippen LogP contribution is 2.36. The summed E-state index contributed by atoms with van der Waals surface area (Å²) in [7, 11) is 0. The van der Waals surface area contributed by atoms with Gasteiger partial charge in [0, 0.05) is 17.8 Å². The Hall–Kier alpha value is -1.85. The van der Waals surface area contributed by atoms with E-state index in [0.29, 0.717) is 5.69 Å². The molecular formula is C13H19N3O3. The average Bonchev–Trinajstić information content (AvgIpc) is 2.55. The minimum Gasteiger partial charge on any atom is -0.353 e. The summed E-state index contributed by atoms with van der Waals surface area (Å²) in [6.07, 6.45) is 3.06. The fourth-order valence-electron chi connectivity index (χ4n) is 2.63. The van der Waals surface area contributed by atoms with E-state index in [-0.39, 0.29) is 23.8 Å². The van der Waals surface area contributed by atoms with Crippen molar-refractivity contribution in [3.8, 4) is 0 Å². The summed E-state index contributed by atoms with van der Waals surface area (Å²) in [5, 5.41) is 2.95. The number of nitrogens with one attached hydrogen (secondary N) is 3. The summed E-state index contributed by atoms with van der Waals surface area (Å²) in [6.45, 7) is 4.38. The van der Waals surface area contributed by atoms with Gasteiger partial charge in [-0.25, -0.2) is 4.79 Å². The molecule has 1 aromatic heterocycles. The summed E-state index contributed by atoms with van der Waals surface area (Å²) >= 11 is 0. The van der Waals surface area contributed by atoms with Crippen LogP contribution < -0.4 is 16.6 Å². The smallest absolute Gasteiger partial charge is 0.325 e. The molecule has 6 nitrogen and oxygen atoms in total. The molecule has 0 bridgehead atoms. The quantitative estimate of drug-likeness (QED) is 0.733. The summed E-state index contributed by atoms with van der Waals surface area (Å²) in [5.41, 5.74) is -0.467. The molecule has 1 heterocycles. The molecule has 0 spiro atoms. The van der Waals surface area contributed by atoms with Crippen LogP contribution in [0.4, 0.5) is 0 Å². The Balaban J connectivity index is 1.95. The minimum atomic E-state index is -0.586. The van der Waals surface area contributed by atoms with E-state index in [1.54, 1.807) is 0 Å². The molecule has 0 aliphatic heterocycles. The van der Waals surface area contributed by atoms with Crippen molar-refractivity contribution >= 4 is 5.91 Å². The van der Waals surface area contributed by atoms with Crippen LogP contribution >= 0.6 is 0 Å². The monoisotopic (exact) mass is 265 g/mol. The minimum absolute atomic E-state index is 0.0239. The summed E-state index contributed by atoms with van der Waals surface area (Å²) in [6, 6.07) is 1.43. The average molecular weight is 265 g/mol. The zero-order valence-corrected chi connectivity index (χ0v) is 11.2. The van der Waals surface area contributed by atoms with E-state index >= 15 is 0 Å². The van der Waals surface area contributed by atoms with Crippen LogP contribution in [0.2, 0.25) is 0 Å². The van der Waals surface area contributed by atoms with E-state index in [9.17, 15) is 14.4 Å². The van der Waals surface area contributed by atoms with Crippen LogP contribution in [-0.2, 0) is 11.2 Å². The second kappa shape index (κ2) is 5.03. The first-order valence-electron chi connectivity index (χ1n) is 6.46. The molecule has 1 saturated carbocycles. The first-order chi connectivity index (χ1) is 8.84. The number of aromatic nitrogens is 2. The SMILES string of the molecule is CC1(C)CCC(NC(=O)Cc2cc(=O)[nH]c(=O)[nH]2)C1. The summed E-state index contributed by atoms with van der Waals surface area (Å²) in [4.78, 5) is 38.6. The van der Waals surface area contributed by atoms with Gasteiger partial charge in [-0.3, -0.25) is 14.6 Å². The second-order valence-electron chi connectivity index (χ2n) is 5.96. The standard InChI is InChI=1S/C13H19N3O3/c1-13(2)4-3-8(7-13)14-10(17)5-9-6-11(18)16-12(19)15-9/h6,8H,3-5,7H2,1-2H3,(H,14,17)(H2,15,16,18,19). The highest BCUT2D eigenvalue weighted by Gasteiger charge is 2.31. The Morgan fingerprint density at radius 2 is 2.16 bits per heavy atom. The molecule has 6 heteroatoms. The van der Waals surface area contributed by atoms with Gasteiger partial charge in [0.15, 0.2) is 0 Å². The highest BCUT2D eigenvalue weighted by molar-refractivity contribution is 5.78. The second-order valence-corrected chi connectivity index (χ2v) is 5.96. The largest absolute Gasteiger partial charge is 0.353 e. The van der Waals surface area contributed by atoms with E-state index in [0.717, 1.165) is 19.3 Å².